The highest BCUT2D eigenvalue weighted by Crippen LogP contribution is 2.27. The molecule has 0 aliphatic rings. The summed E-state index contributed by atoms with van der Waals surface area (Å²) in [6, 6.07) is 26.5. The van der Waals surface area contributed by atoms with E-state index in [0.717, 1.165) is 33.7 Å². The largest absolute Gasteiger partial charge is 0.399 e. The van der Waals surface area contributed by atoms with Crippen molar-refractivity contribution in [1.29, 1.82) is 0 Å². The van der Waals surface area contributed by atoms with Gasteiger partial charge in [0.05, 0.1) is 11.2 Å². The molecule has 7 nitrogen and oxygen atoms in total. The quantitative estimate of drug-likeness (QED) is 0.201. The number of carbonyl (C=O) groups excluding carboxylic acids is 1. The van der Waals surface area contributed by atoms with Gasteiger partial charge in [0, 0.05) is 57.7 Å². The number of benzene rings is 3. The molecule has 5 aromatic rings. The van der Waals surface area contributed by atoms with Gasteiger partial charge in [-0.2, -0.15) is 0 Å². The van der Waals surface area contributed by atoms with Gasteiger partial charge in [-0.15, -0.1) is 0 Å². The molecule has 0 fully saturated rings. The number of hydrogen-bond donors (Lipinski definition) is 4. The number of nitrogens with two attached hydrogens (primary N) is 1. The van der Waals surface area contributed by atoms with E-state index in [1.54, 1.807) is 12.3 Å². The molecule has 5 N–H and O–H groups in total. The number of aromatic nitrogens is 2. The molecule has 0 saturated carbocycles. The van der Waals surface area contributed by atoms with Gasteiger partial charge >= 0.3 is 0 Å². The van der Waals surface area contributed by atoms with Crippen LogP contribution in [0.25, 0.3) is 10.9 Å². The molecule has 0 atom stereocenters. The monoisotopic (exact) mass is 461 g/mol. The Kier molecular flexibility index (Phi) is 5.96. The zero-order valence-electron chi connectivity index (χ0n) is 19.2. The maximum atomic E-state index is 12.8. The maximum Gasteiger partial charge on any atom is 0.255 e. The average molecular weight is 462 g/mol. The molecule has 5 rings (SSSR count). The van der Waals surface area contributed by atoms with E-state index in [1.165, 1.54) is 0 Å². The van der Waals surface area contributed by atoms with Crippen LogP contribution in [-0.2, 0) is 7.05 Å². The van der Waals surface area contributed by atoms with Crippen molar-refractivity contribution in [3.63, 3.8) is 0 Å². The van der Waals surface area contributed by atoms with Gasteiger partial charge in [0.25, 0.3) is 5.91 Å². The minimum absolute atomic E-state index is 0.176. The Morgan fingerprint density at radius 2 is 1.54 bits per heavy atom. The average Bonchev–Trinajstić information content (AvgIpc) is 2.87. The third kappa shape index (κ3) is 5.20. The second-order valence-electron chi connectivity index (χ2n) is 8.25. The molecule has 0 saturated heterocycles. The van der Waals surface area contributed by atoms with Gasteiger partial charge in [0.1, 0.15) is 7.05 Å². The third-order valence-corrected chi connectivity index (χ3v) is 5.58. The van der Waals surface area contributed by atoms with Gasteiger partial charge in [-0.05, 0) is 66.7 Å². The summed E-state index contributed by atoms with van der Waals surface area (Å²) in [5.41, 5.74) is 12.4. The van der Waals surface area contributed by atoms with E-state index in [4.69, 9.17) is 5.73 Å². The van der Waals surface area contributed by atoms with Crippen molar-refractivity contribution in [3.05, 3.63) is 109 Å². The number of anilines is 6. The first-order valence-corrected chi connectivity index (χ1v) is 11.2. The van der Waals surface area contributed by atoms with Gasteiger partial charge in [0.2, 0.25) is 0 Å². The number of pyridine rings is 2. The molecule has 3 aromatic carbocycles. The predicted molar refractivity (Wildman–Crippen MR) is 141 cm³/mol. The van der Waals surface area contributed by atoms with Crippen LogP contribution in [0.3, 0.4) is 0 Å². The van der Waals surface area contributed by atoms with Crippen molar-refractivity contribution in [2.75, 3.05) is 21.7 Å². The van der Waals surface area contributed by atoms with E-state index in [-0.39, 0.29) is 5.91 Å². The van der Waals surface area contributed by atoms with Gasteiger partial charge in [-0.1, -0.05) is 6.07 Å². The maximum absolute atomic E-state index is 12.8. The minimum atomic E-state index is -0.176. The lowest BCUT2D eigenvalue weighted by atomic mass is 10.1. The van der Waals surface area contributed by atoms with Crippen molar-refractivity contribution in [2.45, 2.75) is 0 Å². The number of nitrogen functional groups attached to an aromatic ring is 1. The number of rotatable bonds is 6. The van der Waals surface area contributed by atoms with Crippen LogP contribution >= 0.6 is 0 Å². The number of nitrogens with one attached hydrogen (secondary N) is 3. The number of hydrogen-bond acceptors (Lipinski definition) is 5. The Bertz CT molecular complexity index is 1500. The highest BCUT2D eigenvalue weighted by atomic mass is 16.1. The fraction of sp³-hybridized carbons (Fsp3) is 0.0357. The Morgan fingerprint density at radius 3 is 2.34 bits per heavy atom. The van der Waals surface area contributed by atoms with E-state index in [0.29, 0.717) is 16.9 Å². The van der Waals surface area contributed by atoms with E-state index in [2.05, 4.69) is 20.9 Å². The van der Waals surface area contributed by atoms with Crippen LogP contribution in [0.2, 0.25) is 0 Å². The number of nitrogens with zero attached hydrogens (tertiary/aromatic N) is 2. The van der Waals surface area contributed by atoms with Crippen LogP contribution < -0.4 is 26.3 Å². The van der Waals surface area contributed by atoms with Crippen LogP contribution in [0.15, 0.2) is 104 Å². The highest BCUT2D eigenvalue weighted by Gasteiger charge is 2.08. The van der Waals surface area contributed by atoms with Gasteiger partial charge in [0.15, 0.2) is 12.4 Å². The van der Waals surface area contributed by atoms with E-state index >= 15 is 0 Å². The normalized spacial score (nSPS) is 10.7. The Balaban J connectivity index is 1.26. The molecule has 7 heteroatoms. The molecule has 1 amide bonds. The molecule has 0 unspecified atom stereocenters. The van der Waals surface area contributed by atoms with Crippen LogP contribution in [-0.4, -0.2) is 10.9 Å². The molecule has 2 aromatic heterocycles. The highest BCUT2D eigenvalue weighted by molar-refractivity contribution is 6.05. The zero-order valence-corrected chi connectivity index (χ0v) is 19.2. The SMILES string of the molecule is C[n+]1ccc(Nc2cccc(C(=O)Nc3ccc(Nc4ccnc5ccc(N)cc45)cc3)c2)cc1. The van der Waals surface area contributed by atoms with Crippen molar-refractivity contribution in [1.82, 2.24) is 4.98 Å². The van der Waals surface area contributed by atoms with Crippen molar-refractivity contribution in [3.8, 4) is 0 Å². The molecule has 0 spiro atoms. The smallest absolute Gasteiger partial charge is 0.255 e. The number of amides is 1. The molecule has 0 radical (unpaired) electrons. The van der Waals surface area contributed by atoms with E-state index < -0.39 is 0 Å². The molecule has 2 heterocycles. The Labute approximate surface area is 203 Å². The lowest BCUT2D eigenvalue weighted by molar-refractivity contribution is -0.671. The van der Waals surface area contributed by atoms with Crippen molar-refractivity contribution >= 4 is 50.9 Å². The first-order valence-electron chi connectivity index (χ1n) is 11.2. The third-order valence-electron chi connectivity index (χ3n) is 5.58. The van der Waals surface area contributed by atoms with Crippen LogP contribution in [0, 0.1) is 0 Å². The van der Waals surface area contributed by atoms with Gasteiger partial charge in [-0.3, -0.25) is 9.78 Å². The van der Waals surface area contributed by atoms with Crippen LogP contribution in [0.1, 0.15) is 10.4 Å². The van der Waals surface area contributed by atoms with Crippen molar-refractivity contribution in [2.24, 2.45) is 7.05 Å². The van der Waals surface area contributed by atoms with Gasteiger partial charge in [-0.25, -0.2) is 4.57 Å². The fourth-order valence-electron chi connectivity index (χ4n) is 3.76. The minimum Gasteiger partial charge on any atom is -0.399 e. The topological polar surface area (TPSA) is 96.0 Å². The summed E-state index contributed by atoms with van der Waals surface area (Å²) in [6.07, 6.45) is 5.68. The standard InChI is InChI=1S/C28H24N6O/c1-34-15-12-23(13-16-34)31-24-4-2-3-19(17-24)28(35)33-22-8-6-21(7-9-22)32-27-11-14-30-26-10-5-20(29)18-25(26)27/h2-18H,29H2,1H3,(H2,30,32,33,35)/p+1. The number of carbonyl (C=O) groups is 1. The molecular formula is C28H25N6O+. The first kappa shape index (κ1) is 21.9. The summed E-state index contributed by atoms with van der Waals surface area (Å²) in [5, 5.41) is 10.6. The fourth-order valence-corrected chi connectivity index (χ4v) is 3.76. The number of fused-ring (bicyclic) bond motifs is 1. The second-order valence-corrected chi connectivity index (χ2v) is 8.25. The summed E-state index contributed by atoms with van der Waals surface area (Å²) < 4.78 is 1.96. The summed E-state index contributed by atoms with van der Waals surface area (Å²) in [4.78, 5) is 17.2. The van der Waals surface area contributed by atoms with E-state index in [1.807, 2.05) is 103 Å². The molecular weight excluding hydrogens is 436 g/mol. The lowest BCUT2D eigenvalue weighted by Gasteiger charge is -2.12. The summed E-state index contributed by atoms with van der Waals surface area (Å²) in [6.45, 7) is 0. The van der Waals surface area contributed by atoms with Gasteiger partial charge < -0.3 is 21.7 Å². The molecule has 35 heavy (non-hydrogen) atoms. The number of aryl methyl sites for hydroxylation is 1. The zero-order chi connectivity index (χ0) is 24.2. The molecule has 0 aliphatic heterocycles. The van der Waals surface area contributed by atoms with Crippen LogP contribution in [0.4, 0.5) is 34.1 Å². The summed E-state index contributed by atoms with van der Waals surface area (Å²) in [7, 11) is 1.97. The predicted octanol–water partition coefficient (Wildman–Crippen LogP) is 5.38. The second kappa shape index (κ2) is 9.52. The Morgan fingerprint density at radius 1 is 0.800 bits per heavy atom. The summed E-state index contributed by atoms with van der Waals surface area (Å²) >= 11 is 0. The van der Waals surface area contributed by atoms with Crippen LogP contribution in [0.5, 0.6) is 0 Å². The molecule has 0 bridgehead atoms. The molecule has 0 aliphatic carbocycles. The lowest BCUT2D eigenvalue weighted by Crippen LogP contribution is -2.25. The summed E-state index contributed by atoms with van der Waals surface area (Å²) in [5.74, 6) is -0.176. The van der Waals surface area contributed by atoms with Crippen molar-refractivity contribution < 1.29 is 9.36 Å². The Hall–Kier alpha value is -4.91. The molecule has 172 valence electrons. The first-order chi connectivity index (χ1) is 17.0. The van der Waals surface area contributed by atoms with E-state index in [9.17, 15) is 4.79 Å².